The average molecular weight is 195 g/mol. The molecule has 0 spiro atoms. The van der Waals surface area contributed by atoms with Gasteiger partial charge in [-0.1, -0.05) is 12.1 Å². The Hall–Kier alpha value is -1.06. The molecule has 0 aliphatic carbocycles. The molecule has 0 saturated heterocycles. The second kappa shape index (κ2) is 5.62. The number of aliphatic hydroxyl groups is 1. The molecule has 0 fully saturated rings. The molecule has 2 N–H and O–H groups in total. The van der Waals surface area contributed by atoms with Crippen molar-refractivity contribution in [1.82, 2.24) is 0 Å². The van der Waals surface area contributed by atoms with Crippen molar-refractivity contribution in [1.29, 1.82) is 0 Å². The number of hydrogen-bond acceptors (Lipinski definition) is 3. The summed E-state index contributed by atoms with van der Waals surface area (Å²) >= 11 is 0. The molecular weight excluding hydrogens is 178 g/mol. The molecule has 1 aromatic carbocycles. The highest BCUT2D eigenvalue weighted by Crippen LogP contribution is 2.11. The third kappa shape index (κ3) is 3.77. The number of aliphatic hydroxyl groups excluding tert-OH is 1. The Kier molecular flexibility index (Phi) is 4.43. The number of hydrogen-bond donors (Lipinski definition) is 2. The van der Waals surface area contributed by atoms with Crippen LogP contribution in [0, 0.1) is 0 Å². The van der Waals surface area contributed by atoms with Crippen molar-refractivity contribution in [2.45, 2.75) is 19.6 Å². The summed E-state index contributed by atoms with van der Waals surface area (Å²) in [6.45, 7) is 2.94. The Labute approximate surface area is 84.7 Å². The number of rotatable bonds is 5. The van der Waals surface area contributed by atoms with Gasteiger partial charge in [0.15, 0.2) is 0 Å². The van der Waals surface area contributed by atoms with E-state index < -0.39 is 0 Å². The van der Waals surface area contributed by atoms with Gasteiger partial charge in [-0.05, 0) is 24.6 Å². The molecule has 0 radical (unpaired) electrons. The maximum Gasteiger partial charge on any atom is 0.0713 e. The smallest absolute Gasteiger partial charge is 0.0713 e. The van der Waals surface area contributed by atoms with E-state index in [1.54, 1.807) is 14.0 Å². The highest BCUT2D eigenvalue weighted by molar-refractivity contribution is 5.45. The summed E-state index contributed by atoms with van der Waals surface area (Å²) in [6, 6.07) is 7.98. The summed E-state index contributed by atoms with van der Waals surface area (Å²) < 4.78 is 5.03. The first-order chi connectivity index (χ1) is 6.72. The van der Waals surface area contributed by atoms with Crippen molar-refractivity contribution in [2.24, 2.45) is 0 Å². The van der Waals surface area contributed by atoms with E-state index in [0.29, 0.717) is 13.2 Å². The largest absolute Gasteiger partial charge is 0.392 e. The van der Waals surface area contributed by atoms with Crippen molar-refractivity contribution < 1.29 is 9.84 Å². The molecule has 0 unspecified atom stereocenters. The van der Waals surface area contributed by atoms with E-state index >= 15 is 0 Å². The summed E-state index contributed by atoms with van der Waals surface area (Å²) in [5.74, 6) is 0. The van der Waals surface area contributed by atoms with Crippen LogP contribution in [0.1, 0.15) is 12.5 Å². The topological polar surface area (TPSA) is 41.5 Å². The van der Waals surface area contributed by atoms with Gasteiger partial charge in [-0.2, -0.15) is 0 Å². The van der Waals surface area contributed by atoms with Crippen LogP contribution < -0.4 is 5.32 Å². The van der Waals surface area contributed by atoms with Gasteiger partial charge in [0.2, 0.25) is 0 Å². The zero-order valence-electron chi connectivity index (χ0n) is 8.66. The third-order valence-corrected chi connectivity index (χ3v) is 1.84. The van der Waals surface area contributed by atoms with E-state index in [-0.39, 0.29) is 6.10 Å². The zero-order valence-corrected chi connectivity index (χ0v) is 8.66. The van der Waals surface area contributed by atoms with Crippen LogP contribution >= 0.6 is 0 Å². The van der Waals surface area contributed by atoms with Crippen LogP contribution in [0.25, 0.3) is 0 Å². The van der Waals surface area contributed by atoms with E-state index in [9.17, 15) is 0 Å². The minimum absolute atomic E-state index is 0.332. The van der Waals surface area contributed by atoms with E-state index in [0.717, 1.165) is 11.3 Å². The monoisotopic (exact) mass is 195 g/mol. The van der Waals surface area contributed by atoms with Crippen LogP contribution in [-0.2, 0) is 11.3 Å². The highest BCUT2D eigenvalue weighted by atomic mass is 16.5. The lowest BCUT2D eigenvalue weighted by molar-refractivity contribution is 0.185. The van der Waals surface area contributed by atoms with Gasteiger partial charge in [0.1, 0.15) is 0 Å². The van der Waals surface area contributed by atoms with Crippen LogP contribution in [-0.4, -0.2) is 24.9 Å². The summed E-state index contributed by atoms with van der Waals surface area (Å²) in [6.07, 6.45) is -0.332. The Morgan fingerprint density at radius 2 is 2.29 bits per heavy atom. The Morgan fingerprint density at radius 3 is 2.93 bits per heavy atom. The Morgan fingerprint density at radius 1 is 1.50 bits per heavy atom. The molecule has 1 rings (SSSR count). The molecule has 0 bridgehead atoms. The minimum Gasteiger partial charge on any atom is -0.392 e. The van der Waals surface area contributed by atoms with Crippen LogP contribution in [0.2, 0.25) is 0 Å². The first-order valence-corrected chi connectivity index (χ1v) is 4.72. The predicted molar refractivity (Wildman–Crippen MR) is 57.3 cm³/mol. The first-order valence-electron chi connectivity index (χ1n) is 4.72. The fourth-order valence-electron chi connectivity index (χ4n) is 1.20. The fraction of sp³-hybridized carbons (Fsp3) is 0.455. The molecular formula is C11H17NO2. The summed E-state index contributed by atoms with van der Waals surface area (Å²) in [5, 5.41) is 12.2. The molecule has 0 aliphatic heterocycles. The predicted octanol–water partition coefficient (Wildman–Crippen LogP) is 1.63. The quantitative estimate of drug-likeness (QED) is 0.750. The van der Waals surface area contributed by atoms with Crippen molar-refractivity contribution in [3.8, 4) is 0 Å². The van der Waals surface area contributed by atoms with E-state index in [1.807, 2.05) is 24.3 Å². The maximum absolute atomic E-state index is 9.10. The molecule has 3 heteroatoms. The molecule has 1 atom stereocenters. The SMILES string of the molecule is COCc1cccc(NC[C@@H](C)O)c1. The van der Waals surface area contributed by atoms with Crippen molar-refractivity contribution in [2.75, 3.05) is 19.0 Å². The summed E-state index contributed by atoms with van der Waals surface area (Å²) in [4.78, 5) is 0. The number of methoxy groups -OCH3 is 1. The van der Waals surface area contributed by atoms with Gasteiger partial charge in [0.05, 0.1) is 12.7 Å². The maximum atomic E-state index is 9.10. The standard InChI is InChI=1S/C11H17NO2/c1-9(13)7-12-11-5-3-4-10(6-11)8-14-2/h3-6,9,12-13H,7-8H2,1-2H3/t9-/m1/s1. The van der Waals surface area contributed by atoms with E-state index in [4.69, 9.17) is 9.84 Å². The number of nitrogens with one attached hydrogen (secondary N) is 1. The lowest BCUT2D eigenvalue weighted by atomic mass is 10.2. The Balaban J connectivity index is 2.54. The summed E-state index contributed by atoms with van der Waals surface area (Å²) in [5.41, 5.74) is 2.14. The lowest BCUT2D eigenvalue weighted by Gasteiger charge is -2.09. The number of benzene rings is 1. The van der Waals surface area contributed by atoms with Gasteiger partial charge in [-0.3, -0.25) is 0 Å². The van der Waals surface area contributed by atoms with Crippen molar-refractivity contribution in [3.05, 3.63) is 29.8 Å². The molecule has 3 nitrogen and oxygen atoms in total. The minimum atomic E-state index is -0.332. The highest BCUT2D eigenvalue weighted by Gasteiger charge is 1.97. The lowest BCUT2D eigenvalue weighted by Crippen LogP contribution is -2.15. The third-order valence-electron chi connectivity index (χ3n) is 1.84. The van der Waals surface area contributed by atoms with Gasteiger partial charge in [0.25, 0.3) is 0 Å². The normalized spacial score (nSPS) is 12.5. The van der Waals surface area contributed by atoms with Crippen molar-refractivity contribution >= 4 is 5.69 Å². The van der Waals surface area contributed by atoms with E-state index in [1.165, 1.54) is 0 Å². The van der Waals surface area contributed by atoms with Crippen LogP contribution in [0.5, 0.6) is 0 Å². The fourth-order valence-corrected chi connectivity index (χ4v) is 1.20. The van der Waals surface area contributed by atoms with Gasteiger partial charge >= 0.3 is 0 Å². The molecule has 0 aliphatic rings. The summed E-state index contributed by atoms with van der Waals surface area (Å²) in [7, 11) is 1.68. The van der Waals surface area contributed by atoms with E-state index in [2.05, 4.69) is 5.32 Å². The van der Waals surface area contributed by atoms with Gasteiger partial charge in [0, 0.05) is 19.3 Å². The Bertz CT molecular complexity index is 274. The molecule has 0 saturated carbocycles. The molecule has 1 aromatic rings. The van der Waals surface area contributed by atoms with Crippen LogP contribution in [0.4, 0.5) is 5.69 Å². The molecule has 0 amide bonds. The zero-order chi connectivity index (χ0) is 10.4. The van der Waals surface area contributed by atoms with Gasteiger partial charge < -0.3 is 15.2 Å². The molecule has 14 heavy (non-hydrogen) atoms. The average Bonchev–Trinajstić information content (AvgIpc) is 2.16. The van der Waals surface area contributed by atoms with Gasteiger partial charge in [-0.15, -0.1) is 0 Å². The number of anilines is 1. The number of ether oxygens (including phenoxy) is 1. The molecule has 78 valence electrons. The molecule has 0 aromatic heterocycles. The molecule has 0 heterocycles. The van der Waals surface area contributed by atoms with Crippen LogP contribution in [0.15, 0.2) is 24.3 Å². The van der Waals surface area contributed by atoms with Crippen molar-refractivity contribution in [3.63, 3.8) is 0 Å². The second-order valence-corrected chi connectivity index (χ2v) is 3.36. The second-order valence-electron chi connectivity index (χ2n) is 3.36. The van der Waals surface area contributed by atoms with Gasteiger partial charge in [-0.25, -0.2) is 0 Å². The van der Waals surface area contributed by atoms with Crippen LogP contribution in [0.3, 0.4) is 0 Å². The first kappa shape index (κ1) is 11.0.